The fraction of sp³-hybridized carbons (Fsp3) is 0.214. The molecule has 0 bridgehead atoms. The molecule has 5 rings (SSSR count). The Bertz CT molecular complexity index is 2030. The normalized spacial score (nSPS) is 13.9. The Morgan fingerprint density at radius 3 is 2.33 bits per heavy atom. The molecule has 0 radical (unpaired) electrons. The highest BCUT2D eigenvalue weighted by Crippen LogP contribution is 2.42. The molecule has 9 nitrogen and oxygen atoms in total. The molecule has 1 N–H and O–H groups in total. The number of nitriles is 1. The lowest BCUT2D eigenvalue weighted by Gasteiger charge is -2.30. The smallest absolute Gasteiger partial charge is 0.268 e. The van der Waals surface area contributed by atoms with E-state index in [0.29, 0.717) is 38.9 Å². The third kappa shape index (κ3) is 4.21. The number of imidazole rings is 1. The molecule has 2 heterocycles. The van der Waals surface area contributed by atoms with E-state index in [-0.39, 0.29) is 15.4 Å². The van der Waals surface area contributed by atoms with E-state index in [1.165, 1.54) is 23.3 Å². The van der Waals surface area contributed by atoms with Crippen molar-refractivity contribution in [2.24, 2.45) is 0 Å². The number of nitrogens with zero attached hydrogens (tertiary/aromatic N) is 3. The summed E-state index contributed by atoms with van der Waals surface area (Å²) in [7, 11) is -6.36. The summed E-state index contributed by atoms with van der Waals surface area (Å²) in [6.07, 6.45) is 2.53. The number of rotatable bonds is 6. The molecule has 39 heavy (non-hydrogen) atoms. The van der Waals surface area contributed by atoms with Crippen LogP contribution in [0.2, 0.25) is 0 Å². The van der Waals surface area contributed by atoms with Crippen LogP contribution in [0, 0.1) is 25.2 Å². The van der Waals surface area contributed by atoms with E-state index in [1.54, 1.807) is 62.4 Å². The topological polar surface area (TPSA) is 135 Å². The molecule has 0 saturated carbocycles. The Morgan fingerprint density at radius 1 is 1.03 bits per heavy atom. The highest BCUT2D eigenvalue weighted by atomic mass is 32.2. The van der Waals surface area contributed by atoms with Gasteiger partial charge in [0.2, 0.25) is 0 Å². The first-order valence-corrected chi connectivity index (χ1v) is 15.3. The highest BCUT2D eigenvalue weighted by Gasteiger charge is 2.39. The van der Waals surface area contributed by atoms with Crippen molar-refractivity contribution in [1.29, 1.82) is 5.26 Å². The second-order valence-electron chi connectivity index (χ2n) is 9.70. The zero-order valence-corrected chi connectivity index (χ0v) is 23.6. The van der Waals surface area contributed by atoms with Crippen LogP contribution in [0.15, 0.2) is 70.6 Å². The van der Waals surface area contributed by atoms with Crippen LogP contribution in [-0.2, 0) is 30.2 Å². The Morgan fingerprint density at radius 2 is 1.72 bits per heavy atom. The van der Waals surface area contributed by atoms with Crippen molar-refractivity contribution in [2.75, 3.05) is 13.4 Å². The third-order valence-corrected chi connectivity index (χ3v) is 9.83. The van der Waals surface area contributed by atoms with Crippen molar-refractivity contribution >= 4 is 41.8 Å². The molecule has 0 amide bonds. The van der Waals surface area contributed by atoms with Gasteiger partial charge in [-0.2, -0.15) is 5.26 Å². The number of aryl methyl sites for hydroxylation is 2. The van der Waals surface area contributed by atoms with E-state index in [9.17, 15) is 22.1 Å². The molecule has 200 valence electrons. The fourth-order valence-electron chi connectivity index (χ4n) is 4.90. The van der Waals surface area contributed by atoms with Gasteiger partial charge in [0.05, 0.1) is 38.0 Å². The molecule has 1 atom stereocenters. The first-order valence-electron chi connectivity index (χ1n) is 11.9. The highest BCUT2D eigenvalue weighted by molar-refractivity contribution is 7.91. The third-order valence-electron chi connectivity index (χ3n) is 7.02. The van der Waals surface area contributed by atoms with Gasteiger partial charge in [0.25, 0.3) is 10.0 Å². The zero-order chi connectivity index (χ0) is 28.3. The summed E-state index contributed by atoms with van der Waals surface area (Å²) in [5.41, 5.74) is 2.12. The fourth-order valence-corrected chi connectivity index (χ4v) is 7.38. The largest absolute Gasteiger partial charge is 0.366 e. The van der Waals surface area contributed by atoms with Gasteiger partial charge in [-0.3, -0.25) is 0 Å². The number of nitrogens with one attached hydrogen (secondary N) is 1. The van der Waals surface area contributed by atoms with Crippen LogP contribution in [0.3, 0.4) is 0 Å². The summed E-state index contributed by atoms with van der Waals surface area (Å²) in [6.45, 7) is 5.23. The molecule has 0 aliphatic rings. The predicted octanol–water partition coefficient (Wildman–Crippen LogP) is 4.56. The number of hydrogen-bond donors (Lipinski definition) is 1. The van der Waals surface area contributed by atoms with Gasteiger partial charge in [-0.1, -0.05) is 17.7 Å². The molecule has 0 spiro atoms. The predicted molar refractivity (Wildman–Crippen MR) is 148 cm³/mol. The van der Waals surface area contributed by atoms with Crippen LogP contribution in [0.4, 0.5) is 0 Å². The Balaban J connectivity index is 1.85. The van der Waals surface area contributed by atoms with Gasteiger partial charge in [-0.05, 0) is 68.8 Å². The number of benzene rings is 3. The van der Waals surface area contributed by atoms with Crippen LogP contribution in [0.1, 0.15) is 35.0 Å². The molecular formula is C28H26N4O5S2. The maximum Gasteiger partial charge on any atom is 0.268 e. The number of methoxy groups -OCH3 is 1. The van der Waals surface area contributed by atoms with Gasteiger partial charge in [-0.25, -0.2) is 25.8 Å². The minimum atomic E-state index is -4.00. The molecule has 11 heteroatoms. The van der Waals surface area contributed by atoms with Crippen molar-refractivity contribution in [3.8, 4) is 6.07 Å². The molecule has 2 aromatic heterocycles. The van der Waals surface area contributed by atoms with Crippen molar-refractivity contribution in [3.63, 3.8) is 0 Å². The van der Waals surface area contributed by atoms with Crippen LogP contribution in [-0.4, -0.2) is 44.1 Å². The zero-order valence-electron chi connectivity index (χ0n) is 22.0. The number of hydrogen-bond acceptors (Lipinski definition) is 7. The molecule has 0 aliphatic carbocycles. The number of ether oxygens (including phenoxy) is 1. The van der Waals surface area contributed by atoms with Gasteiger partial charge in [0.15, 0.2) is 9.84 Å². The number of aromatic nitrogens is 3. The second-order valence-corrected chi connectivity index (χ2v) is 13.5. The molecule has 3 aromatic carbocycles. The first-order chi connectivity index (χ1) is 18.3. The lowest BCUT2D eigenvalue weighted by atomic mass is 9.90. The maximum atomic E-state index is 13.7. The number of sulfone groups is 1. The van der Waals surface area contributed by atoms with Crippen LogP contribution in [0.25, 0.3) is 21.9 Å². The first kappa shape index (κ1) is 26.6. The van der Waals surface area contributed by atoms with E-state index < -0.39 is 25.5 Å². The maximum absolute atomic E-state index is 13.7. The summed E-state index contributed by atoms with van der Waals surface area (Å²) < 4.78 is 60.8. The van der Waals surface area contributed by atoms with E-state index in [1.807, 2.05) is 6.92 Å². The molecule has 0 fully saturated rings. The van der Waals surface area contributed by atoms with Crippen molar-refractivity contribution in [1.82, 2.24) is 13.9 Å². The van der Waals surface area contributed by atoms with Crippen molar-refractivity contribution in [2.45, 2.75) is 36.2 Å². The average molecular weight is 563 g/mol. The van der Waals surface area contributed by atoms with Gasteiger partial charge in [-0.15, -0.1) is 0 Å². The van der Waals surface area contributed by atoms with Crippen molar-refractivity contribution in [3.05, 3.63) is 88.9 Å². The summed E-state index contributed by atoms with van der Waals surface area (Å²) in [5, 5.41) is 9.69. The van der Waals surface area contributed by atoms with Gasteiger partial charge >= 0.3 is 0 Å². The van der Waals surface area contributed by atoms with Gasteiger partial charge < -0.3 is 9.72 Å². The molecule has 0 aliphatic heterocycles. The van der Waals surface area contributed by atoms with Crippen molar-refractivity contribution < 1.29 is 21.6 Å². The molecule has 0 saturated heterocycles. The van der Waals surface area contributed by atoms with Gasteiger partial charge in [0, 0.05) is 30.5 Å². The monoisotopic (exact) mass is 562 g/mol. The quantitative estimate of drug-likeness (QED) is 0.321. The minimum Gasteiger partial charge on any atom is -0.366 e. The van der Waals surface area contributed by atoms with E-state index in [2.05, 4.69) is 16.0 Å². The summed E-state index contributed by atoms with van der Waals surface area (Å²) in [6, 6.07) is 16.7. The summed E-state index contributed by atoms with van der Waals surface area (Å²) >= 11 is 0. The summed E-state index contributed by atoms with van der Waals surface area (Å²) in [5.74, 6) is 0.305. The lowest BCUT2D eigenvalue weighted by molar-refractivity contribution is 0.0313. The SMILES string of the molecule is COC(C)(c1nc2cc(C#N)ccc2[nH]1)c1c(S(C)(=O)=O)cc(C)c2c1ccn2S(=O)(=O)c1ccc(C)cc1. The lowest BCUT2D eigenvalue weighted by Crippen LogP contribution is -2.30. The Labute approximate surface area is 226 Å². The number of fused-ring (bicyclic) bond motifs is 2. The van der Waals surface area contributed by atoms with Crippen LogP contribution in [0.5, 0.6) is 0 Å². The molecule has 5 aromatic rings. The van der Waals surface area contributed by atoms with E-state index in [0.717, 1.165) is 11.8 Å². The summed E-state index contributed by atoms with van der Waals surface area (Å²) in [4.78, 5) is 7.96. The molecule has 1 unspecified atom stereocenters. The van der Waals surface area contributed by atoms with E-state index in [4.69, 9.17) is 4.74 Å². The van der Waals surface area contributed by atoms with Gasteiger partial charge in [0.1, 0.15) is 11.4 Å². The number of aromatic amines is 1. The Hall–Kier alpha value is -3.98. The standard InChI is InChI=1S/C28H26N4O5S2/c1-17-6-9-20(10-7-17)39(35,36)32-13-12-21-25(24(38(5,33)34)14-18(2)26(21)32)28(3,37-4)27-30-22-11-8-19(16-29)15-23(22)31-27/h6-15H,1-5H3,(H,30,31). The van der Waals surface area contributed by atoms with E-state index >= 15 is 0 Å². The second kappa shape index (κ2) is 9.05. The Kier molecular flexibility index (Phi) is 6.18. The number of H-pyrrole nitrogens is 1. The minimum absolute atomic E-state index is 0.000467. The van der Waals surface area contributed by atoms with Crippen LogP contribution < -0.4 is 0 Å². The van der Waals surface area contributed by atoms with Crippen LogP contribution >= 0.6 is 0 Å². The average Bonchev–Trinajstić information content (AvgIpc) is 3.53. The molecular weight excluding hydrogens is 536 g/mol.